The predicted molar refractivity (Wildman–Crippen MR) is 73.6 cm³/mol. The number of hydrogen-bond acceptors (Lipinski definition) is 1. The first-order chi connectivity index (χ1) is 10.8. The summed E-state index contributed by atoms with van der Waals surface area (Å²) in [5.74, 6) is -12.6. The summed E-state index contributed by atoms with van der Waals surface area (Å²) in [6.45, 7) is 3.70. The lowest BCUT2D eigenvalue weighted by Crippen LogP contribution is -2.36. The Hall–Kier alpha value is -1.54. The zero-order chi connectivity index (χ0) is 18.9. The molecule has 0 fully saturated rings. The summed E-state index contributed by atoms with van der Waals surface area (Å²) < 4.78 is 105. The van der Waals surface area contributed by atoms with E-state index in [1.54, 1.807) is 6.92 Å². The first kappa shape index (κ1) is 20.5. The van der Waals surface area contributed by atoms with Gasteiger partial charge in [0, 0.05) is 19.7 Å². The van der Waals surface area contributed by atoms with Crippen molar-refractivity contribution in [2.24, 2.45) is 5.92 Å². The van der Waals surface area contributed by atoms with Gasteiger partial charge in [0.15, 0.2) is 17.5 Å². The van der Waals surface area contributed by atoms with E-state index in [0.717, 1.165) is 11.3 Å². The summed E-state index contributed by atoms with van der Waals surface area (Å²) in [6, 6.07) is 0.277. The molecule has 0 radical (unpaired) electrons. The van der Waals surface area contributed by atoms with Crippen LogP contribution in [0.25, 0.3) is 0 Å². The van der Waals surface area contributed by atoms with E-state index in [1.165, 1.54) is 7.05 Å². The fourth-order valence-corrected chi connectivity index (χ4v) is 2.44. The first-order valence-corrected chi connectivity index (χ1v) is 7.18. The van der Waals surface area contributed by atoms with Crippen LogP contribution in [0.5, 0.6) is 0 Å². The number of nitrogens with zero attached hydrogens (tertiary/aromatic N) is 1. The van der Waals surface area contributed by atoms with Crippen LogP contribution < -0.4 is 4.90 Å². The largest absolute Gasteiger partial charge is 0.458 e. The Morgan fingerprint density at radius 1 is 1.04 bits per heavy atom. The molecule has 0 aliphatic heterocycles. The van der Waals surface area contributed by atoms with Crippen LogP contribution in [-0.4, -0.2) is 19.8 Å². The fraction of sp³-hybridized carbons (Fsp3) is 0.600. The second kappa shape index (κ2) is 7.14. The van der Waals surface area contributed by atoms with Crippen LogP contribution in [-0.2, 0) is 5.92 Å². The third kappa shape index (κ3) is 3.92. The van der Waals surface area contributed by atoms with Crippen LogP contribution in [0.3, 0.4) is 0 Å². The van der Waals surface area contributed by atoms with Crippen molar-refractivity contribution in [3.8, 4) is 0 Å². The van der Waals surface area contributed by atoms with Crippen molar-refractivity contribution < 1.29 is 35.1 Å². The minimum atomic E-state index is -6.26. The van der Waals surface area contributed by atoms with E-state index in [-0.39, 0.29) is 18.5 Å². The molecule has 1 rings (SSSR count). The molecule has 0 spiro atoms. The zero-order valence-electron chi connectivity index (χ0n) is 13.2. The molecule has 0 aliphatic rings. The quantitative estimate of drug-likeness (QED) is 0.468. The summed E-state index contributed by atoms with van der Waals surface area (Å²) in [6.07, 6.45) is -4.80. The summed E-state index contributed by atoms with van der Waals surface area (Å²) in [5, 5.41) is 0. The van der Waals surface area contributed by atoms with Gasteiger partial charge in [-0.1, -0.05) is 20.3 Å². The van der Waals surface area contributed by atoms with Gasteiger partial charge in [-0.15, -0.1) is 0 Å². The third-order valence-electron chi connectivity index (χ3n) is 3.59. The maximum atomic E-state index is 14.2. The van der Waals surface area contributed by atoms with Crippen LogP contribution in [0.1, 0.15) is 32.3 Å². The molecule has 1 atom stereocenters. The normalized spacial score (nSPS) is 14.0. The van der Waals surface area contributed by atoms with Crippen molar-refractivity contribution in [1.82, 2.24) is 0 Å². The fourth-order valence-electron chi connectivity index (χ4n) is 2.44. The lowest BCUT2D eigenvalue weighted by Gasteiger charge is -2.27. The number of rotatable bonds is 6. The number of halogens is 8. The molecule has 24 heavy (non-hydrogen) atoms. The minimum Gasteiger partial charge on any atom is -0.372 e. The molecule has 9 heteroatoms. The van der Waals surface area contributed by atoms with Gasteiger partial charge in [-0.25, -0.2) is 13.2 Å². The van der Waals surface area contributed by atoms with Gasteiger partial charge in [-0.05, 0) is 12.3 Å². The maximum absolute atomic E-state index is 14.2. The molecule has 0 aromatic heterocycles. The molecule has 138 valence electrons. The second-order valence-corrected chi connectivity index (χ2v) is 5.73. The Balaban J connectivity index is 3.42. The average Bonchev–Trinajstić information content (AvgIpc) is 2.41. The smallest absolute Gasteiger partial charge is 0.372 e. The molecule has 0 aliphatic carbocycles. The van der Waals surface area contributed by atoms with E-state index in [0.29, 0.717) is 6.42 Å². The van der Waals surface area contributed by atoms with Crippen molar-refractivity contribution in [1.29, 1.82) is 0 Å². The zero-order valence-corrected chi connectivity index (χ0v) is 13.2. The highest BCUT2D eigenvalue weighted by molar-refractivity contribution is 5.52. The summed E-state index contributed by atoms with van der Waals surface area (Å²) in [7, 11) is 1.21. The van der Waals surface area contributed by atoms with E-state index in [9.17, 15) is 35.1 Å². The maximum Gasteiger partial charge on any atom is 0.458 e. The number of benzene rings is 1. The van der Waals surface area contributed by atoms with E-state index >= 15 is 0 Å². The van der Waals surface area contributed by atoms with Gasteiger partial charge in [0.1, 0.15) is 5.56 Å². The van der Waals surface area contributed by atoms with Crippen molar-refractivity contribution >= 4 is 5.69 Å². The standard InChI is InChI=1S/C15H17F8N/c1-4-5-8(2)7-24(3)10-6-9(16)12(17)11(13(10)18)14(19,20)15(21,22)23/h6,8H,4-5,7H2,1-3H3. The molecule has 1 aromatic carbocycles. The van der Waals surface area contributed by atoms with Gasteiger partial charge >= 0.3 is 12.1 Å². The van der Waals surface area contributed by atoms with Gasteiger partial charge in [-0.3, -0.25) is 0 Å². The molecule has 0 N–H and O–H groups in total. The van der Waals surface area contributed by atoms with E-state index in [2.05, 4.69) is 0 Å². The summed E-state index contributed by atoms with van der Waals surface area (Å²) in [5.41, 5.74) is -3.48. The predicted octanol–water partition coefficient (Wildman–Crippen LogP) is 5.63. The molecule has 1 nitrogen and oxygen atoms in total. The van der Waals surface area contributed by atoms with Crippen molar-refractivity contribution in [3.05, 3.63) is 29.1 Å². The Kier molecular flexibility index (Phi) is 6.10. The average molecular weight is 363 g/mol. The van der Waals surface area contributed by atoms with Crippen molar-refractivity contribution in [2.45, 2.75) is 38.8 Å². The van der Waals surface area contributed by atoms with Crippen LogP contribution in [0.4, 0.5) is 40.8 Å². The second-order valence-electron chi connectivity index (χ2n) is 5.73. The molecule has 0 bridgehead atoms. The molecule has 0 saturated heterocycles. The lowest BCUT2D eigenvalue weighted by molar-refractivity contribution is -0.291. The van der Waals surface area contributed by atoms with E-state index in [4.69, 9.17) is 0 Å². The Bertz CT molecular complexity index is 582. The Labute approximate surface area is 134 Å². The van der Waals surface area contributed by atoms with Gasteiger partial charge in [-0.2, -0.15) is 22.0 Å². The number of anilines is 1. The minimum absolute atomic E-state index is 0.0564. The molecule has 1 unspecified atom stereocenters. The van der Waals surface area contributed by atoms with Gasteiger partial charge in [0.2, 0.25) is 0 Å². The molecule has 1 aromatic rings. The highest BCUT2D eigenvalue weighted by atomic mass is 19.4. The molecular weight excluding hydrogens is 346 g/mol. The van der Waals surface area contributed by atoms with E-state index < -0.39 is 40.8 Å². The molecule has 0 heterocycles. The number of alkyl halides is 5. The summed E-state index contributed by atoms with van der Waals surface area (Å²) in [4.78, 5) is 0.994. The Morgan fingerprint density at radius 3 is 2.04 bits per heavy atom. The van der Waals surface area contributed by atoms with Crippen LogP contribution in [0.15, 0.2) is 6.07 Å². The SMILES string of the molecule is CCCC(C)CN(C)c1cc(F)c(F)c(C(F)(F)C(F)(F)F)c1F. The lowest BCUT2D eigenvalue weighted by atomic mass is 10.0. The van der Waals surface area contributed by atoms with Crippen LogP contribution in [0, 0.1) is 23.4 Å². The monoisotopic (exact) mass is 363 g/mol. The van der Waals surface area contributed by atoms with Crippen LogP contribution in [0.2, 0.25) is 0 Å². The van der Waals surface area contributed by atoms with Gasteiger partial charge < -0.3 is 4.90 Å². The first-order valence-electron chi connectivity index (χ1n) is 7.18. The van der Waals surface area contributed by atoms with Crippen molar-refractivity contribution in [2.75, 3.05) is 18.5 Å². The molecular formula is C15H17F8N. The third-order valence-corrected chi connectivity index (χ3v) is 3.59. The van der Waals surface area contributed by atoms with Gasteiger partial charge in [0.25, 0.3) is 0 Å². The topological polar surface area (TPSA) is 3.24 Å². The Morgan fingerprint density at radius 2 is 1.58 bits per heavy atom. The highest BCUT2D eigenvalue weighted by Crippen LogP contribution is 2.47. The number of hydrogen-bond donors (Lipinski definition) is 0. The molecule has 0 saturated carbocycles. The van der Waals surface area contributed by atoms with Crippen molar-refractivity contribution in [3.63, 3.8) is 0 Å². The highest BCUT2D eigenvalue weighted by Gasteiger charge is 2.62. The van der Waals surface area contributed by atoms with Gasteiger partial charge in [0.05, 0.1) is 5.69 Å². The van der Waals surface area contributed by atoms with Crippen LogP contribution >= 0.6 is 0 Å². The molecule has 0 amide bonds. The van der Waals surface area contributed by atoms with E-state index in [1.807, 2.05) is 6.92 Å². The summed E-state index contributed by atoms with van der Waals surface area (Å²) >= 11 is 0.